The van der Waals surface area contributed by atoms with Crippen molar-refractivity contribution in [1.82, 2.24) is 30.5 Å². The zero-order valence-electron chi connectivity index (χ0n) is 31.2. The molecule has 2 heterocycles. The number of hydrogen-bond donors (Lipinski definition) is 4. The van der Waals surface area contributed by atoms with Crippen LogP contribution in [-0.4, -0.2) is 98.0 Å². The molecule has 1 aromatic heterocycles. The van der Waals surface area contributed by atoms with Crippen molar-refractivity contribution in [2.45, 2.75) is 96.6 Å². The molecule has 0 aromatic carbocycles. The number of fused-ring (bicyclic) bond motifs is 1. The van der Waals surface area contributed by atoms with Gasteiger partial charge in [0, 0.05) is 39.1 Å². The van der Waals surface area contributed by atoms with Gasteiger partial charge < -0.3 is 26.2 Å². The van der Waals surface area contributed by atoms with E-state index in [0.717, 1.165) is 11.3 Å². The lowest BCUT2D eigenvalue weighted by Crippen LogP contribution is -2.62. The molecule has 1 aliphatic heterocycles. The molecule has 2 aliphatic rings. The highest BCUT2D eigenvalue weighted by molar-refractivity contribution is 7.91. The van der Waals surface area contributed by atoms with E-state index in [-0.39, 0.29) is 53.9 Å². The number of thiophene rings is 1. The molecule has 1 saturated heterocycles. The Hall–Kier alpha value is -3.74. The summed E-state index contributed by atoms with van der Waals surface area (Å²) in [6, 6.07) is -1.37. The number of hydrogen-bond acceptors (Lipinski definition) is 8. The maximum atomic E-state index is 14.4. The summed E-state index contributed by atoms with van der Waals surface area (Å²) in [5, 5.41) is 12.6. The van der Waals surface area contributed by atoms with Crippen LogP contribution in [-0.2, 0) is 29.2 Å². The van der Waals surface area contributed by atoms with Crippen LogP contribution in [0.2, 0.25) is 0 Å². The van der Waals surface area contributed by atoms with E-state index < -0.39 is 74.6 Å². The van der Waals surface area contributed by atoms with Crippen molar-refractivity contribution >= 4 is 50.9 Å². The van der Waals surface area contributed by atoms with E-state index in [1.165, 1.54) is 28.4 Å². The van der Waals surface area contributed by atoms with E-state index in [9.17, 15) is 32.4 Å². The lowest BCUT2D eigenvalue weighted by Gasteiger charge is -2.39. The van der Waals surface area contributed by atoms with Crippen molar-refractivity contribution in [3.8, 4) is 12.3 Å². The van der Waals surface area contributed by atoms with Gasteiger partial charge in [0.15, 0.2) is 0 Å². The first-order chi connectivity index (χ1) is 23.5. The molecule has 282 valence electrons. The van der Waals surface area contributed by atoms with Gasteiger partial charge in [-0.15, -0.1) is 30.3 Å². The average Bonchev–Trinajstić information content (AvgIpc) is 3.49. The monoisotopic (exact) mass is 746 g/mol. The van der Waals surface area contributed by atoms with Gasteiger partial charge in [-0.25, -0.2) is 13.2 Å². The van der Waals surface area contributed by atoms with E-state index in [2.05, 4.69) is 33.8 Å². The van der Waals surface area contributed by atoms with Gasteiger partial charge in [-0.05, 0) is 45.9 Å². The second-order valence-electron chi connectivity index (χ2n) is 16.1. The van der Waals surface area contributed by atoms with Crippen LogP contribution in [0.5, 0.6) is 0 Å². The molecule has 5 amide bonds. The predicted octanol–water partition coefficient (Wildman–Crippen LogP) is 2.75. The number of carbonyl (C=O) groups excluding carboxylic acids is 5. The molecular weight excluding hydrogens is 693 g/mol. The molecular formula is C36H54N6O7S2. The van der Waals surface area contributed by atoms with Crippen molar-refractivity contribution in [2.75, 3.05) is 26.7 Å². The number of likely N-dealkylation sites (tertiary alicyclic amines) is 1. The van der Waals surface area contributed by atoms with Gasteiger partial charge in [0.25, 0.3) is 15.9 Å². The Bertz CT molecular complexity index is 1640. The Balaban J connectivity index is 1.84. The first kappa shape index (κ1) is 41.7. The Kier molecular flexibility index (Phi) is 13.0. The number of terminal acetylenes is 1. The zero-order chi connectivity index (χ0) is 38.7. The largest absolute Gasteiger partial charge is 0.346 e. The third-order valence-corrected chi connectivity index (χ3v) is 13.1. The minimum absolute atomic E-state index is 0.00787. The fourth-order valence-electron chi connectivity index (χ4n) is 6.58. The number of nitrogens with one attached hydrogen (secondary N) is 4. The van der Waals surface area contributed by atoms with E-state index in [1.54, 1.807) is 32.2 Å². The Morgan fingerprint density at radius 1 is 1.12 bits per heavy atom. The number of Topliss-reactive ketones (excluding diaryl/α,β-unsaturated/α-hetero) is 1. The molecule has 3 rings (SSSR count). The molecule has 51 heavy (non-hydrogen) atoms. The quantitative estimate of drug-likeness (QED) is 0.121. The van der Waals surface area contributed by atoms with Crippen LogP contribution < -0.4 is 21.3 Å². The summed E-state index contributed by atoms with van der Waals surface area (Å²) < 4.78 is 27.7. The second kappa shape index (κ2) is 15.9. The van der Waals surface area contributed by atoms with Gasteiger partial charge in [-0.3, -0.25) is 19.2 Å². The highest BCUT2D eigenvalue weighted by Crippen LogP contribution is 2.65. The molecule has 15 heteroatoms. The molecule has 4 N–H and O–H groups in total. The smallest absolute Gasteiger partial charge is 0.315 e. The summed E-state index contributed by atoms with van der Waals surface area (Å²) in [4.78, 5) is 69.1. The standard InChI is InChI=1S/C36H54N6O7S2/c1-12-14-16-23(28(43)31(45)37-18-13-2)38-30(44)27-26-22(36(26,9)10)20-42(27)32(46)29(35(6,7)8)40-33(47)39-24(34(3,4)5)21-41(11)51(48,49)25-17-15-19-50-25/h1,13,15,17,19,22-24,26-27,29H,2,14,16,18,20-21H2,3-11H3,(H,37,45)(H,38,44)(H2,39,40,47)/t22-,23?,24+,26-,27-,29+/m0/s1. The number of sulfonamides is 1. The Morgan fingerprint density at radius 2 is 1.76 bits per heavy atom. The van der Waals surface area contributed by atoms with Crippen LogP contribution in [0.1, 0.15) is 68.2 Å². The zero-order valence-corrected chi connectivity index (χ0v) is 32.8. The lowest BCUT2D eigenvalue weighted by atomic mass is 9.85. The molecule has 13 nitrogen and oxygen atoms in total. The molecule has 1 unspecified atom stereocenters. The highest BCUT2D eigenvalue weighted by Gasteiger charge is 2.70. The van der Waals surface area contributed by atoms with Crippen LogP contribution >= 0.6 is 11.3 Å². The second-order valence-corrected chi connectivity index (χ2v) is 19.3. The third kappa shape index (κ3) is 9.58. The molecule has 1 aromatic rings. The van der Waals surface area contributed by atoms with Gasteiger partial charge >= 0.3 is 6.03 Å². The van der Waals surface area contributed by atoms with Gasteiger partial charge in [-0.1, -0.05) is 67.5 Å². The van der Waals surface area contributed by atoms with Crippen molar-refractivity contribution in [3.63, 3.8) is 0 Å². The number of rotatable bonds is 15. The van der Waals surface area contributed by atoms with Gasteiger partial charge in [-0.2, -0.15) is 4.31 Å². The molecule has 6 atom stereocenters. The maximum absolute atomic E-state index is 14.4. The molecule has 1 aliphatic carbocycles. The lowest BCUT2D eigenvalue weighted by molar-refractivity contribution is -0.145. The fourth-order valence-corrected chi connectivity index (χ4v) is 8.96. The molecule has 1 saturated carbocycles. The van der Waals surface area contributed by atoms with E-state index in [1.807, 2.05) is 34.6 Å². The van der Waals surface area contributed by atoms with Crippen molar-refractivity contribution in [1.29, 1.82) is 0 Å². The average molecular weight is 747 g/mol. The molecule has 0 bridgehead atoms. The van der Waals surface area contributed by atoms with E-state index in [4.69, 9.17) is 6.42 Å². The maximum Gasteiger partial charge on any atom is 0.315 e. The van der Waals surface area contributed by atoms with Crippen molar-refractivity contribution in [3.05, 3.63) is 30.2 Å². The third-order valence-electron chi connectivity index (χ3n) is 9.94. The number of carbonyl (C=O) groups is 5. The number of likely N-dealkylation sites (N-methyl/N-ethyl adjacent to an activating group) is 1. The summed E-state index contributed by atoms with van der Waals surface area (Å²) in [5.41, 5.74) is -1.63. The Labute approximate surface area is 306 Å². The molecule has 2 fully saturated rings. The van der Waals surface area contributed by atoms with E-state index in [0.29, 0.717) is 0 Å². The van der Waals surface area contributed by atoms with E-state index >= 15 is 0 Å². The fraction of sp³-hybridized carbons (Fsp3) is 0.639. The predicted molar refractivity (Wildman–Crippen MR) is 197 cm³/mol. The number of nitrogens with zero attached hydrogens (tertiary/aromatic N) is 2. The van der Waals surface area contributed by atoms with Gasteiger partial charge in [0.2, 0.25) is 17.6 Å². The number of piperidine rings is 1. The first-order valence-electron chi connectivity index (χ1n) is 17.0. The molecule has 0 radical (unpaired) electrons. The summed E-state index contributed by atoms with van der Waals surface area (Å²) in [6.07, 6.45) is 7.03. The van der Waals surface area contributed by atoms with Crippen LogP contribution in [0.4, 0.5) is 4.79 Å². The van der Waals surface area contributed by atoms with Crippen molar-refractivity contribution in [2.24, 2.45) is 28.1 Å². The first-order valence-corrected chi connectivity index (χ1v) is 19.4. The molecule has 0 spiro atoms. The highest BCUT2D eigenvalue weighted by atomic mass is 32.2. The summed E-state index contributed by atoms with van der Waals surface area (Å²) in [6.45, 7) is 18.9. The number of urea groups is 1. The summed E-state index contributed by atoms with van der Waals surface area (Å²) >= 11 is 1.10. The number of ketones is 1. The van der Waals surface area contributed by atoms with Crippen molar-refractivity contribution < 1.29 is 32.4 Å². The van der Waals surface area contributed by atoms with Crippen LogP contribution in [0.25, 0.3) is 0 Å². The van der Waals surface area contributed by atoms with Gasteiger partial charge in [0.1, 0.15) is 16.3 Å². The van der Waals surface area contributed by atoms with Crippen LogP contribution in [0.3, 0.4) is 0 Å². The minimum atomic E-state index is -3.79. The topological polar surface area (TPSA) is 174 Å². The minimum Gasteiger partial charge on any atom is -0.346 e. The Morgan fingerprint density at radius 3 is 2.29 bits per heavy atom. The number of amides is 5. The van der Waals surface area contributed by atoms with Crippen LogP contribution in [0, 0.1) is 40.4 Å². The van der Waals surface area contributed by atoms with Gasteiger partial charge in [0.05, 0.1) is 6.04 Å². The SMILES string of the molecule is C#CCCC(NC(=O)[C@@H]1[C@@H]2[C@H](CN1C(=O)[C@@H](NC(=O)N[C@H](CN(C)S(=O)(=O)c1cccs1)C(C)(C)C)C(C)(C)C)C2(C)C)C(=O)C(=O)NCC=C. The van der Waals surface area contributed by atoms with Crippen LogP contribution in [0.15, 0.2) is 34.4 Å². The summed E-state index contributed by atoms with van der Waals surface area (Å²) in [7, 11) is -2.33. The summed E-state index contributed by atoms with van der Waals surface area (Å²) in [5.74, 6) is -0.543. The normalized spacial score (nSPS) is 21.4.